The minimum atomic E-state index is -2.50. The van der Waals surface area contributed by atoms with Gasteiger partial charge in [-0.05, 0) is 5.56 Å². The van der Waals surface area contributed by atoms with E-state index in [9.17, 15) is 13.6 Å². The van der Waals surface area contributed by atoms with Crippen molar-refractivity contribution in [3.05, 3.63) is 35.4 Å². The van der Waals surface area contributed by atoms with Gasteiger partial charge in [0.2, 0.25) is 0 Å². The molecule has 1 atom stereocenters. The van der Waals surface area contributed by atoms with E-state index in [2.05, 4.69) is 10.3 Å². The number of hydrogen-bond acceptors (Lipinski definition) is 2. The Morgan fingerprint density at radius 2 is 1.94 bits per heavy atom. The van der Waals surface area contributed by atoms with E-state index in [0.29, 0.717) is 5.56 Å². The van der Waals surface area contributed by atoms with Gasteiger partial charge in [-0.25, -0.2) is 13.6 Å². The van der Waals surface area contributed by atoms with Crippen LogP contribution in [0, 0.1) is 0 Å². The van der Waals surface area contributed by atoms with Gasteiger partial charge in [0.05, 0.1) is 0 Å². The number of halogens is 2. The third-order valence-electron chi connectivity index (χ3n) is 2.32. The number of nitrogens with two attached hydrogens (primary N) is 1. The van der Waals surface area contributed by atoms with Crippen molar-refractivity contribution in [1.29, 1.82) is 0 Å². The molecule has 1 aromatic rings. The Bertz CT molecular complexity index is 442. The smallest absolute Gasteiger partial charge is 0.343 e. The number of nitrogens with zero attached hydrogens (tertiary/aromatic N) is 1. The van der Waals surface area contributed by atoms with Crippen molar-refractivity contribution in [3.63, 3.8) is 0 Å². The zero-order chi connectivity index (χ0) is 11.7. The standard InChI is InChI=1S/C10H9F2N3O/c11-8(12)6-3-1-5(2-4-6)7-9(13)15-10(16)14-7/h1-4,7-8H,(H3,13,14,15,16). The van der Waals surface area contributed by atoms with Crippen LogP contribution in [0.4, 0.5) is 13.6 Å². The second-order valence-electron chi connectivity index (χ2n) is 3.39. The maximum atomic E-state index is 12.3. The van der Waals surface area contributed by atoms with Gasteiger partial charge in [0.25, 0.3) is 6.43 Å². The third kappa shape index (κ3) is 1.86. The molecule has 2 rings (SSSR count). The molecule has 0 bridgehead atoms. The van der Waals surface area contributed by atoms with E-state index in [1.165, 1.54) is 24.3 Å². The molecule has 0 radical (unpaired) electrons. The minimum Gasteiger partial charge on any atom is -0.385 e. The lowest BCUT2D eigenvalue weighted by Gasteiger charge is -2.11. The van der Waals surface area contributed by atoms with E-state index >= 15 is 0 Å². The van der Waals surface area contributed by atoms with Gasteiger partial charge in [-0.15, -0.1) is 0 Å². The highest BCUT2D eigenvalue weighted by Gasteiger charge is 2.24. The number of benzene rings is 1. The van der Waals surface area contributed by atoms with Crippen LogP contribution >= 0.6 is 0 Å². The Balaban J connectivity index is 2.23. The fraction of sp³-hybridized carbons (Fsp3) is 0.200. The monoisotopic (exact) mass is 225 g/mol. The first kappa shape index (κ1) is 10.5. The van der Waals surface area contributed by atoms with Gasteiger partial charge in [0.1, 0.15) is 11.9 Å². The zero-order valence-corrected chi connectivity index (χ0v) is 8.15. The van der Waals surface area contributed by atoms with Crippen LogP contribution in [0.15, 0.2) is 29.3 Å². The number of alkyl halides is 2. The number of rotatable bonds is 2. The topological polar surface area (TPSA) is 67.5 Å². The number of amides is 2. The predicted octanol–water partition coefficient (Wildman–Crippen LogP) is 1.75. The molecule has 6 heteroatoms. The Kier molecular flexibility index (Phi) is 2.55. The average molecular weight is 225 g/mol. The summed E-state index contributed by atoms with van der Waals surface area (Å²) < 4.78 is 24.6. The first-order chi connectivity index (χ1) is 7.58. The van der Waals surface area contributed by atoms with E-state index in [-0.39, 0.29) is 11.4 Å². The summed E-state index contributed by atoms with van der Waals surface area (Å²) in [7, 11) is 0. The molecular formula is C10H9F2N3O. The van der Waals surface area contributed by atoms with Crippen LogP contribution in [0.1, 0.15) is 23.6 Å². The van der Waals surface area contributed by atoms with E-state index in [0.717, 1.165) is 0 Å². The molecule has 2 amide bonds. The SMILES string of the molecule is NC1=NC(=O)NC1c1ccc(C(F)F)cc1. The van der Waals surface area contributed by atoms with E-state index in [1.807, 2.05) is 0 Å². The molecule has 1 unspecified atom stereocenters. The van der Waals surface area contributed by atoms with Gasteiger partial charge in [0, 0.05) is 5.56 Å². The summed E-state index contributed by atoms with van der Waals surface area (Å²) in [6.45, 7) is 0. The van der Waals surface area contributed by atoms with Crippen molar-refractivity contribution in [3.8, 4) is 0 Å². The van der Waals surface area contributed by atoms with Crippen molar-refractivity contribution in [1.82, 2.24) is 5.32 Å². The van der Waals surface area contributed by atoms with E-state index in [4.69, 9.17) is 5.73 Å². The first-order valence-corrected chi connectivity index (χ1v) is 4.60. The quantitative estimate of drug-likeness (QED) is 0.805. The summed E-state index contributed by atoms with van der Waals surface area (Å²) in [5, 5.41) is 2.51. The number of urea groups is 1. The summed E-state index contributed by atoms with van der Waals surface area (Å²) in [6, 6.07) is 4.58. The Morgan fingerprint density at radius 3 is 2.38 bits per heavy atom. The third-order valence-corrected chi connectivity index (χ3v) is 2.32. The number of amidine groups is 1. The minimum absolute atomic E-state index is 0.0661. The summed E-state index contributed by atoms with van der Waals surface area (Å²) in [6.07, 6.45) is -2.50. The Labute approximate surface area is 90.2 Å². The summed E-state index contributed by atoms with van der Waals surface area (Å²) in [4.78, 5) is 14.4. The highest BCUT2D eigenvalue weighted by Crippen LogP contribution is 2.22. The highest BCUT2D eigenvalue weighted by atomic mass is 19.3. The molecule has 0 spiro atoms. The Hall–Kier alpha value is -1.98. The molecular weight excluding hydrogens is 216 g/mol. The number of aliphatic imine (C=N–C) groups is 1. The molecule has 0 saturated carbocycles. The second-order valence-corrected chi connectivity index (χ2v) is 3.39. The fourth-order valence-corrected chi connectivity index (χ4v) is 1.50. The predicted molar refractivity (Wildman–Crippen MR) is 54.3 cm³/mol. The zero-order valence-electron chi connectivity index (χ0n) is 8.15. The average Bonchev–Trinajstić information content (AvgIpc) is 2.58. The van der Waals surface area contributed by atoms with Crippen LogP contribution in [0.2, 0.25) is 0 Å². The molecule has 0 fully saturated rings. The second kappa shape index (κ2) is 3.88. The van der Waals surface area contributed by atoms with E-state index in [1.54, 1.807) is 0 Å². The number of hydrogen-bond donors (Lipinski definition) is 2. The summed E-state index contributed by atoms with van der Waals surface area (Å²) in [5.41, 5.74) is 6.09. The lowest BCUT2D eigenvalue weighted by atomic mass is 10.0. The maximum Gasteiger partial charge on any atom is 0.343 e. The van der Waals surface area contributed by atoms with Crippen molar-refractivity contribution in [2.75, 3.05) is 0 Å². The van der Waals surface area contributed by atoms with Gasteiger partial charge in [0.15, 0.2) is 0 Å². The number of carbonyl (C=O) groups is 1. The lowest BCUT2D eigenvalue weighted by Crippen LogP contribution is -2.27. The molecule has 0 saturated heterocycles. The van der Waals surface area contributed by atoms with Crippen LogP contribution in [0.3, 0.4) is 0 Å². The first-order valence-electron chi connectivity index (χ1n) is 4.60. The fourth-order valence-electron chi connectivity index (χ4n) is 1.50. The molecule has 3 N–H and O–H groups in total. The molecule has 1 aromatic carbocycles. The number of nitrogens with one attached hydrogen (secondary N) is 1. The van der Waals surface area contributed by atoms with Crippen LogP contribution in [0.25, 0.3) is 0 Å². The van der Waals surface area contributed by atoms with Gasteiger partial charge >= 0.3 is 6.03 Å². The van der Waals surface area contributed by atoms with Crippen molar-refractivity contribution in [2.45, 2.75) is 12.5 Å². The molecule has 1 aliphatic heterocycles. The highest BCUT2D eigenvalue weighted by molar-refractivity contribution is 6.03. The summed E-state index contributed by atoms with van der Waals surface area (Å²) >= 11 is 0. The normalized spacial score (nSPS) is 19.8. The van der Waals surface area contributed by atoms with Crippen LogP contribution < -0.4 is 11.1 Å². The lowest BCUT2D eigenvalue weighted by molar-refractivity contribution is 0.151. The summed E-state index contributed by atoms with van der Waals surface area (Å²) in [5.74, 6) is 0.148. The van der Waals surface area contributed by atoms with Gasteiger partial charge in [-0.1, -0.05) is 24.3 Å². The van der Waals surface area contributed by atoms with Gasteiger partial charge in [-0.3, -0.25) is 0 Å². The molecule has 1 heterocycles. The van der Waals surface area contributed by atoms with Crippen LogP contribution in [-0.2, 0) is 0 Å². The van der Waals surface area contributed by atoms with E-state index < -0.39 is 18.5 Å². The maximum absolute atomic E-state index is 12.3. The van der Waals surface area contributed by atoms with Crippen molar-refractivity contribution >= 4 is 11.9 Å². The molecule has 0 aliphatic carbocycles. The molecule has 4 nitrogen and oxygen atoms in total. The number of carbonyl (C=O) groups excluding carboxylic acids is 1. The molecule has 0 aromatic heterocycles. The van der Waals surface area contributed by atoms with Gasteiger partial charge < -0.3 is 11.1 Å². The van der Waals surface area contributed by atoms with Crippen LogP contribution in [-0.4, -0.2) is 11.9 Å². The molecule has 1 aliphatic rings. The van der Waals surface area contributed by atoms with Crippen molar-refractivity contribution in [2.24, 2.45) is 10.7 Å². The Morgan fingerprint density at radius 1 is 1.31 bits per heavy atom. The molecule has 84 valence electrons. The van der Waals surface area contributed by atoms with Crippen molar-refractivity contribution < 1.29 is 13.6 Å². The molecule has 16 heavy (non-hydrogen) atoms. The largest absolute Gasteiger partial charge is 0.385 e. The van der Waals surface area contributed by atoms with Gasteiger partial charge in [-0.2, -0.15) is 4.99 Å². The van der Waals surface area contributed by atoms with Crippen LogP contribution in [0.5, 0.6) is 0 Å².